The average molecular weight is 643 g/mol. The topological polar surface area (TPSA) is 86.8 Å². The fourth-order valence-corrected chi connectivity index (χ4v) is 5.55. The van der Waals surface area contributed by atoms with E-state index >= 15 is 0 Å². The van der Waals surface area contributed by atoms with Crippen molar-refractivity contribution in [1.29, 1.82) is 0 Å². The van der Waals surface area contributed by atoms with Gasteiger partial charge in [-0.1, -0.05) is 84.4 Å². The number of hydrogen-bond acceptors (Lipinski definition) is 4. The second-order valence-corrected chi connectivity index (χ2v) is 14.4. The first-order chi connectivity index (χ1) is 19.1. The quantitative estimate of drug-likeness (QED) is 0.283. The van der Waals surface area contributed by atoms with Crippen LogP contribution in [0.2, 0.25) is 0 Å². The lowest BCUT2D eigenvalue weighted by molar-refractivity contribution is -0.140. The van der Waals surface area contributed by atoms with Gasteiger partial charge < -0.3 is 10.2 Å². The van der Waals surface area contributed by atoms with Crippen LogP contribution in [0, 0.1) is 0 Å². The summed E-state index contributed by atoms with van der Waals surface area (Å²) in [5.41, 5.74) is 2.63. The summed E-state index contributed by atoms with van der Waals surface area (Å²) in [5.74, 6) is -0.505. The smallest absolute Gasteiger partial charge is 0.244 e. The molecule has 3 rings (SSSR count). The highest BCUT2D eigenvalue weighted by molar-refractivity contribution is 9.10. The standard InChI is InChI=1S/C32H40BrN3O4S/c1-23(2)26-14-18-28(19-15-26)36(41(6,39)40)22-30(37)35(21-25-12-16-27(33)17-13-25)29(31(38)34-32(3,4)5)20-24-10-8-7-9-11-24/h7-19,23,29H,20-22H2,1-6H3,(H,34,38). The maximum Gasteiger partial charge on any atom is 0.244 e. The second-order valence-electron chi connectivity index (χ2n) is 11.6. The van der Waals surface area contributed by atoms with Crippen molar-refractivity contribution in [1.82, 2.24) is 10.2 Å². The van der Waals surface area contributed by atoms with Crippen molar-refractivity contribution in [3.63, 3.8) is 0 Å². The number of halogens is 1. The number of nitrogens with one attached hydrogen (secondary N) is 1. The van der Waals surface area contributed by atoms with Gasteiger partial charge in [-0.05, 0) is 67.6 Å². The highest BCUT2D eigenvalue weighted by Crippen LogP contribution is 2.24. The van der Waals surface area contributed by atoms with Crippen molar-refractivity contribution in [3.8, 4) is 0 Å². The molecule has 7 nitrogen and oxygen atoms in total. The molecule has 220 valence electrons. The molecule has 3 aromatic rings. The third kappa shape index (κ3) is 9.71. The minimum atomic E-state index is -3.81. The Morgan fingerprint density at radius 3 is 1.98 bits per heavy atom. The third-order valence-electron chi connectivity index (χ3n) is 6.56. The molecule has 1 unspecified atom stereocenters. The van der Waals surface area contributed by atoms with Crippen molar-refractivity contribution in [2.75, 3.05) is 17.1 Å². The number of rotatable bonds is 11. The van der Waals surface area contributed by atoms with Gasteiger partial charge in [0.2, 0.25) is 21.8 Å². The normalized spacial score (nSPS) is 12.6. The molecule has 0 aliphatic rings. The van der Waals surface area contributed by atoms with Crippen LogP contribution in [0.4, 0.5) is 5.69 Å². The van der Waals surface area contributed by atoms with Crippen molar-refractivity contribution in [3.05, 3.63) is 100 Å². The number of benzene rings is 3. The molecule has 0 radical (unpaired) electrons. The van der Waals surface area contributed by atoms with E-state index in [1.165, 1.54) is 4.90 Å². The van der Waals surface area contributed by atoms with Gasteiger partial charge in [0.25, 0.3) is 0 Å². The van der Waals surface area contributed by atoms with Crippen LogP contribution < -0.4 is 9.62 Å². The molecule has 3 aromatic carbocycles. The number of nitrogens with zero attached hydrogens (tertiary/aromatic N) is 2. The Hall–Kier alpha value is -3.17. The molecule has 0 aromatic heterocycles. The average Bonchev–Trinajstić information content (AvgIpc) is 2.89. The van der Waals surface area contributed by atoms with Gasteiger partial charge in [0.05, 0.1) is 11.9 Å². The third-order valence-corrected chi connectivity index (χ3v) is 8.23. The molecule has 0 bridgehead atoms. The number of amides is 2. The highest BCUT2D eigenvalue weighted by atomic mass is 79.9. The predicted molar refractivity (Wildman–Crippen MR) is 169 cm³/mol. The first kappa shape index (κ1) is 32.3. The lowest BCUT2D eigenvalue weighted by Crippen LogP contribution is -2.56. The Morgan fingerprint density at radius 2 is 1.46 bits per heavy atom. The minimum absolute atomic E-state index is 0.130. The molecular weight excluding hydrogens is 602 g/mol. The van der Waals surface area contributed by atoms with Crippen LogP contribution in [-0.4, -0.2) is 49.5 Å². The fourth-order valence-electron chi connectivity index (χ4n) is 4.43. The van der Waals surface area contributed by atoms with Crippen molar-refractivity contribution < 1.29 is 18.0 Å². The molecule has 0 fully saturated rings. The molecule has 41 heavy (non-hydrogen) atoms. The van der Waals surface area contributed by atoms with E-state index in [1.54, 1.807) is 12.1 Å². The maximum absolute atomic E-state index is 14.2. The number of anilines is 1. The molecule has 0 saturated carbocycles. The summed E-state index contributed by atoms with van der Waals surface area (Å²) in [6.07, 6.45) is 1.36. The van der Waals surface area contributed by atoms with Gasteiger partial charge in [0, 0.05) is 23.0 Å². The van der Waals surface area contributed by atoms with Gasteiger partial charge in [-0.2, -0.15) is 0 Å². The molecule has 0 spiro atoms. The SMILES string of the molecule is CC(C)c1ccc(N(CC(=O)N(Cc2ccc(Br)cc2)C(Cc2ccccc2)C(=O)NC(C)(C)C)S(C)(=O)=O)cc1. The van der Waals surface area contributed by atoms with Crippen LogP contribution in [0.15, 0.2) is 83.3 Å². The van der Waals surface area contributed by atoms with Crippen LogP contribution in [-0.2, 0) is 32.6 Å². The summed E-state index contributed by atoms with van der Waals surface area (Å²) in [6, 6.07) is 23.3. The van der Waals surface area contributed by atoms with Crippen molar-refractivity contribution >= 4 is 43.5 Å². The van der Waals surface area contributed by atoms with E-state index in [4.69, 9.17) is 0 Å². The molecule has 1 atom stereocenters. The summed E-state index contributed by atoms with van der Waals surface area (Å²) < 4.78 is 27.9. The summed E-state index contributed by atoms with van der Waals surface area (Å²) >= 11 is 3.45. The maximum atomic E-state index is 14.2. The molecule has 2 amide bonds. The number of hydrogen-bond donors (Lipinski definition) is 1. The summed E-state index contributed by atoms with van der Waals surface area (Å²) in [4.78, 5) is 29.4. The highest BCUT2D eigenvalue weighted by Gasteiger charge is 2.34. The zero-order valence-electron chi connectivity index (χ0n) is 24.6. The van der Waals surface area contributed by atoms with Crippen LogP contribution >= 0.6 is 15.9 Å². The monoisotopic (exact) mass is 641 g/mol. The van der Waals surface area contributed by atoms with E-state index in [1.807, 2.05) is 87.5 Å². The number of carbonyl (C=O) groups is 2. The van der Waals surface area contributed by atoms with Crippen LogP contribution in [0.1, 0.15) is 57.2 Å². The van der Waals surface area contributed by atoms with E-state index in [-0.39, 0.29) is 24.8 Å². The van der Waals surface area contributed by atoms with Gasteiger partial charge in [0.15, 0.2) is 0 Å². The Bertz CT molecular complexity index is 1420. The Morgan fingerprint density at radius 1 is 0.878 bits per heavy atom. The lowest BCUT2D eigenvalue weighted by Gasteiger charge is -2.35. The number of carbonyl (C=O) groups excluding carboxylic acids is 2. The van der Waals surface area contributed by atoms with Crippen molar-refractivity contribution in [2.45, 2.75) is 65.1 Å². The van der Waals surface area contributed by atoms with E-state index in [0.29, 0.717) is 5.69 Å². The van der Waals surface area contributed by atoms with E-state index in [0.717, 1.165) is 31.7 Å². The molecule has 1 N–H and O–H groups in total. The number of sulfonamides is 1. The van der Waals surface area contributed by atoms with Gasteiger partial charge in [-0.3, -0.25) is 13.9 Å². The zero-order valence-corrected chi connectivity index (χ0v) is 27.0. The van der Waals surface area contributed by atoms with Crippen LogP contribution in [0.5, 0.6) is 0 Å². The molecule has 0 saturated heterocycles. The van der Waals surface area contributed by atoms with Gasteiger partial charge in [-0.15, -0.1) is 0 Å². The summed E-state index contributed by atoms with van der Waals surface area (Å²) in [5, 5.41) is 3.03. The second kappa shape index (κ2) is 13.7. The summed E-state index contributed by atoms with van der Waals surface area (Å²) in [7, 11) is -3.81. The van der Waals surface area contributed by atoms with Gasteiger partial charge in [0.1, 0.15) is 12.6 Å². The fraction of sp³-hybridized carbons (Fsp3) is 0.375. The predicted octanol–water partition coefficient (Wildman–Crippen LogP) is 5.89. The van der Waals surface area contributed by atoms with Gasteiger partial charge >= 0.3 is 0 Å². The van der Waals surface area contributed by atoms with Gasteiger partial charge in [-0.25, -0.2) is 8.42 Å². The van der Waals surface area contributed by atoms with Crippen molar-refractivity contribution in [2.24, 2.45) is 0 Å². The van der Waals surface area contributed by atoms with Crippen LogP contribution in [0.25, 0.3) is 0 Å². The first-order valence-electron chi connectivity index (χ1n) is 13.6. The van der Waals surface area contributed by atoms with E-state index in [2.05, 4.69) is 35.1 Å². The molecule has 0 heterocycles. The van der Waals surface area contributed by atoms with Crippen LogP contribution in [0.3, 0.4) is 0 Å². The largest absolute Gasteiger partial charge is 0.350 e. The first-order valence-corrected chi connectivity index (χ1v) is 16.3. The minimum Gasteiger partial charge on any atom is -0.350 e. The molecule has 0 aliphatic carbocycles. The van der Waals surface area contributed by atoms with E-state index in [9.17, 15) is 18.0 Å². The molecule has 9 heteroatoms. The summed E-state index contributed by atoms with van der Waals surface area (Å²) in [6.45, 7) is 9.47. The molecule has 0 aliphatic heterocycles. The molecular formula is C32H40BrN3O4S. The Balaban J connectivity index is 2.06. The Kier molecular flexibility index (Phi) is 10.8. The lowest BCUT2D eigenvalue weighted by atomic mass is 10.0. The Labute approximate surface area is 253 Å². The van der Waals surface area contributed by atoms with E-state index < -0.39 is 34.1 Å². The zero-order chi connectivity index (χ0) is 30.4.